The number of carbonyl (C=O) groups excluding carboxylic acids is 1. The third-order valence-electron chi connectivity index (χ3n) is 4.44. The third kappa shape index (κ3) is 2.18. The molecule has 0 aliphatic carbocycles. The number of nitrogens with zero attached hydrogens (tertiary/aromatic N) is 1. The summed E-state index contributed by atoms with van der Waals surface area (Å²) in [6.07, 6.45) is 4.15. The number of rotatable bonds is 2. The minimum Gasteiger partial charge on any atom is -0.456 e. The predicted octanol–water partition coefficient (Wildman–Crippen LogP) is 2.12. The Kier molecular flexibility index (Phi) is 3.35. The van der Waals surface area contributed by atoms with Gasteiger partial charge in [-0.15, -0.1) is 0 Å². The minimum absolute atomic E-state index is 0.0824. The highest BCUT2D eigenvalue weighted by Crippen LogP contribution is 2.30. The molecule has 104 valence electrons. The lowest BCUT2D eigenvalue weighted by atomic mass is 10.1. The van der Waals surface area contributed by atoms with Gasteiger partial charge in [-0.1, -0.05) is 6.92 Å². The van der Waals surface area contributed by atoms with Gasteiger partial charge in [0.2, 0.25) is 0 Å². The van der Waals surface area contributed by atoms with E-state index in [0.29, 0.717) is 17.8 Å². The van der Waals surface area contributed by atoms with E-state index in [4.69, 9.17) is 4.42 Å². The molecule has 1 aromatic heterocycles. The first-order valence-corrected chi connectivity index (χ1v) is 7.33. The van der Waals surface area contributed by atoms with Crippen molar-refractivity contribution < 1.29 is 9.21 Å². The van der Waals surface area contributed by atoms with Gasteiger partial charge in [0.15, 0.2) is 5.76 Å². The molecule has 3 heterocycles. The summed E-state index contributed by atoms with van der Waals surface area (Å²) in [6, 6.07) is 2.64. The van der Waals surface area contributed by atoms with E-state index in [1.165, 1.54) is 0 Å². The Morgan fingerprint density at radius 2 is 2.21 bits per heavy atom. The fourth-order valence-electron chi connectivity index (χ4n) is 3.42. The maximum absolute atomic E-state index is 12.7. The van der Waals surface area contributed by atoms with Crippen molar-refractivity contribution in [1.29, 1.82) is 0 Å². The Hall–Kier alpha value is -1.29. The molecule has 0 saturated carbocycles. The van der Waals surface area contributed by atoms with E-state index in [1.54, 1.807) is 0 Å². The molecule has 0 spiro atoms. The Balaban J connectivity index is 1.86. The van der Waals surface area contributed by atoms with Crippen LogP contribution in [0.15, 0.2) is 10.5 Å². The zero-order valence-corrected chi connectivity index (χ0v) is 11.7. The van der Waals surface area contributed by atoms with Crippen molar-refractivity contribution in [2.75, 3.05) is 13.1 Å². The van der Waals surface area contributed by atoms with Crippen LogP contribution in [-0.2, 0) is 6.42 Å². The summed E-state index contributed by atoms with van der Waals surface area (Å²) in [4.78, 5) is 14.8. The first kappa shape index (κ1) is 12.7. The van der Waals surface area contributed by atoms with Gasteiger partial charge in [0.05, 0.1) is 0 Å². The molecule has 2 aliphatic rings. The van der Waals surface area contributed by atoms with Gasteiger partial charge >= 0.3 is 0 Å². The summed E-state index contributed by atoms with van der Waals surface area (Å²) in [5.41, 5.74) is 1.09. The number of carbonyl (C=O) groups is 1. The van der Waals surface area contributed by atoms with E-state index in [9.17, 15) is 4.79 Å². The van der Waals surface area contributed by atoms with E-state index < -0.39 is 0 Å². The minimum atomic E-state index is 0.0824. The van der Waals surface area contributed by atoms with Crippen LogP contribution >= 0.6 is 0 Å². The highest BCUT2D eigenvalue weighted by Gasteiger charge is 2.39. The number of amides is 1. The maximum atomic E-state index is 12.7. The molecule has 2 unspecified atom stereocenters. The summed E-state index contributed by atoms with van der Waals surface area (Å²) in [6.45, 7) is 6.00. The summed E-state index contributed by atoms with van der Waals surface area (Å²) < 4.78 is 5.73. The second kappa shape index (κ2) is 5.00. The molecular weight excluding hydrogens is 240 g/mol. The van der Waals surface area contributed by atoms with Gasteiger partial charge in [0, 0.05) is 25.0 Å². The predicted molar refractivity (Wildman–Crippen MR) is 73.3 cm³/mol. The fraction of sp³-hybridized carbons (Fsp3) is 0.667. The first-order chi connectivity index (χ1) is 9.20. The molecule has 2 atom stereocenters. The standard InChI is InChI=1S/C15H22N2O2/c1-3-13-10(2)8-14(19-13)15(18)17-11-4-5-12(17)9-16-7-6-11/h8,11-12,16H,3-7,9H2,1-2H3. The van der Waals surface area contributed by atoms with Crippen LogP contribution in [-0.4, -0.2) is 36.0 Å². The average Bonchev–Trinajstić information content (AvgIpc) is 2.88. The van der Waals surface area contributed by atoms with Crippen molar-refractivity contribution in [2.24, 2.45) is 0 Å². The summed E-state index contributed by atoms with van der Waals surface area (Å²) >= 11 is 0. The lowest BCUT2D eigenvalue weighted by molar-refractivity contribution is 0.0645. The highest BCUT2D eigenvalue weighted by atomic mass is 16.4. The van der Waals surface area contributed by atoms with Crippen molar-refractivity contribution >= 4 is 5.91 Å². The van der Waals surface area contributed by atoms with Crippen LogP contribution in [0.4, 0.5) is 0 Å². The van der Waals surface area contributed by atoms with Crippen LogP contribution in [0, 0.1) is 6.92 Å². The Bertz CT molecular complexity index is 466. The van der Waals surface area contributed by atoms with Crippen molar-refractivity contribution in [1.82, 2.24) is 10.2 Å². The van der Waals surface area contributed by atoms with Gasteiger partial charge < -0.3 is 14.6 Å². The Morgan fingerprint density at radius 3 is 2.95 bits per heavy atom. The second-order valence-corrected chi connectivity index (χ2v) is 5.66. The molecule has 4 heteroatoms. The average molecular weight is 262 g/mol. The number of furan rings is 1. The van der Waals surface area contributed by atoms with Crippen molar-refractivity contribution in [2.45, 2.75) is 51.6 Å². The Morgan fingerprint density at radius 1 is 1.42 bits per heavy atom. The molecule has 1 amide bonds. The molecule has 3 rings (SSSR count). The van der Waals surface area contributed by atoms with Gasteiger partial charge in [0.1, 0.15) is 5.76 Å². The fourth-order valence-corrected chi connectivity index (χ4v) is 3.42. The largest absolute Gasteiger partial charge is 0.456 e. The Labute approximate surface area is 114 Å². The van der Waals surface area contributed by atoms with E-state index in [2.05, 4.69) is 17.1 Å². The van der Waals surface area contributed by atoms with Gasteiger partial charge in [-0.3, -0.25) is 4.79 Å². The van der Waals surface area contributed by atoms with Crippen LogP contribution in [0.1, 0.15) is 48.1 Å². The van der Waals surface area contributed by atoms with E-state index in [1.807, 2.05) is 13.0 Å². The third-order valence-corrected chi connectivity index (χ3v) is 4.44. The summed E-state index contributed by atoms with van der Waals surface area (Å²) in [5.74, 6) is 1.54. The number of hydrogen-bond donors (Lipinski definition) is 1. The van der Waals surface area contributed by atoms with Crippen LogP contribution in [0.3, 0.4) is 0 Å². The summed E-state index contributed by atoms with van der Waals surface area (Å²) in [7, 11) is 0. The molecule has 4 nitrogen and oxygen atoms in total. The van der Waals surface area contributed by atoms with E-state index in [-0.39, 0.29) is 5.91 Å². The number of nitrogens with one attached hydrogen (secondary N) is 1. The molecule has 2 saturated heterocycles. The summed E-state index contributed by atoms with van der Waals surface area (Å²) in [5, 5.41) is 3.42. The molecule has 2 bridgehead atoms. The van der Waals surface area contributed by atoms with Gasteiger partial charge in [-0.2, -0.15) is 0 Å². The molecule has 2 aliphatic heterocycles. The van der Waals surface area contributed by atoms with Crippen molar-refractivity contribution in [3.05, 3.63) is 23.2 Å². The van der Waals surface area contributed by atoms with Crippen LogP contribution in [0.5, 0.6) is 0 Å². The molecule has 0 radical (unpaired) electrons. The molecule has 0 aromatic carbocycles. The van der Waals surface area contributed by atoms with E-state index >= 15 is 0 Å². The lowest BCUT2D eigenvalue weighted by Crippen LogP contribution is -2.42. The van der Waals surface area contributed by atoms with Gasteiger partial charge in [-0.05, 0) is 44.4 Å². The molecule has 2 fully saturated rings. The molecular formula is C15H22N2O2. The SMILES string of the molecule is CCc1oc(C(=O)N2C3CCNCC2CC3)cc1C. The van der Waals surface area contributed by atoms with Crippen LogP contribution in [0.2, 0.25) is 0 Å². The molecule has 1 aromatic rings. The van der Waals surface area contributed by atoms with Crippen LogP contribution in [0.25, 0.3) is 0 Å². The van der Waals surface area contributed by atoms with Gasteiger partial charge in [-0.25, -0.2) is 0 Å². The van der Waals surface area contributed by atoms with Crippen LogP contribution < -0.4 is 5.32 Å². The smallest absolute Gasteiger partial charge is 0.290 e. The zero-order chi connectivity index (χ0) is 13.4. The number of fused-ring (bicyclic) bond motifs is 2. The highest BCUT2D eigenvalue weighted by molar-refractivity contribution is 5.92. The monoisotopic (exact) mass is 262 g/mol. The number of aryl methyl sites for hydroxylation is 2. The molecule has 19 heavy (non-hydrogen) atoms. The second-order valence-electron chi connectivity index (χ2n) is 5.66. The van der Waals surface area contributed by atoms with E-state index in [0.717, 1.165) is 50.1 Å². The quantitative estimate of drug-likeness (QED) is 0.888. The van der Waals surface area contributed by atoms with Gasteiger partial charge in [0.25, 0.3) is 5.91 Å². The first-order valence-electron chi connectivity index (χ1n) is 7.33. The van der Waals surface area contributed by atoms with Crippen molar-refractivity contribution in [3.63, 3.8) is 0 Å². The van der Waals surface area contributed by atoms with Crippen molar-refractivity contribution in [3.8, 4) is 0 Å². The molecule has 1 N–H and O–H groups in total. The normalized spacial score (nSPS) is 26.5. The maximum Gasteiger partial charge on any atom is 0.290 e. The number of hydrogen-bond acceptors (Lipinski definition) is 3. The lowest BCUT2D eigenvalue weighted by Gasteiger charge is -2.26. The zero-order valence-electron chi connectivity index (χ0n) is 11.7. The topological polar surface area (TPSA) is 45.5 Å².